The summed E-state index contributed by atoms with van der Waals surface area (Å²) >= 11 is 0. The average molecular weight is 255 g/mol. The fraction of sp³-hybridized carbons (Fsp3) is 0.438. The van der Waals surface area contributed by atoms with E-state index >= 15 is 0 Å². The third-order valence-electron chi connectivity index (χ3n) is 4.06. The van der Waals surface area contributed by atoms with E-state index in [1.54, 1.807) is 0 Å². The molecule has 0 radical (unpaired) electrons. The third kappa shape index (κ3) is 2.19. The van der Waals surface area contributed by atoms with Gasteiger partial charge >= 0.3 is 0 Å². The molecule has 2 N–H and O–H groups in total. The largest absolute Gasteiger partial charge is 0.353 e. The van der Waals surface area contributed by atoms with Crippen molar-refractivity contribution < 1.29 is 0 Å². The van der Waals surface area contributed by atoms with E-state index in [1.165, 1.54) is 11.8 Å². The molecular weight excluding hydrogens is 234 g/mol. The van der Waals surface area contributed by atoms with Gasteiger partial charge < -0.3 is 10.6 Å². The normalized spacial score (nSPS) is 23.2. The molecule has 1 aromatic heterocycles. The molecule has 2 atom stereocenters. The van der Waals surface area contributed by atoms with Gasteiger partial charge in [-0.2, -0.15) is 0 Å². The summed E-state index contributed by atoms with van der Waals surface area (Å²) in [6.07, 6.45) is 1.23. The summed E-state index contributed by atoms with van der Waals surface area (Å²) in [6, 6.07) is 11.0. The lowest BCUT2D eigenvalue weighted by Gasteiger charge is -2.25. The Bertz CT molecular complexity index is 594. The summed E-state index contributed by atoms with van der Waals surface area (Å²) in [5.74, 6) is 1.81. The predicted molar refractivity (Wildman–Crippen MR) is 80.2 cm³/mol. The summed E-state index contributed by atoms with van der Waals surface area (Å²) in [4.78, 5) is 7.27. The summed E-state index contributed by atoms with van der Waals surface area (Å²) < 4.78 is 0. The topological polar surface area (TPSA) is 42.2 Å². The molecular formula is C16H21N3. The molecule has 1 aliphatic rings. The van der Waals surface area contributed by atoms with Gasteiger partial charge in [-0.1, -0.05) is 25.1 Å². The van der Waals surface area contributed by atoms with Crippen LogP contribution in [0.25, 0.3) is 10.9 Å². The zero-order valence-corrected chi connectivity index (χ0v) is 11.6. The summed E-state index contributed by atoms with van der Waals surface area (Å²) in [6.45, 7) is 6.21. The van der Waals surface area contributed by atoms with E-state index in [2.05, 4.69) is 36.9 Å². The molecule has 1 aromatic carbocycles. The highest BCUT2D eigenvalue weighted by Gasteiger charge is 2.28. The summed E-state index contributed by atoms with van der Waals surface area (Å²) in [5, 5.41) is 1.17. The Balaban J connectivity index is 2.11. The van der Waals surface area contributed by atoms with Crippen molar-refractivity contribution in [3.05, 3.63) is 35.9 Å². The maximum atomic E-state index is 5.92. The van der Waals surface area contributed by atoms with Crippen LogP contribution in [0.5, 0.6) is 0 Å². The molecule has 0 saturated carbocycles. The Morgan fingerprint density at radius 3 is 2.79 bits per heavy atom. The first-order valence-corrected chi connectivity index (χ1v) is 7.04. The highest BCUT2D eigenvalue weighted by atomic mass is 15.2. The first-order chi connectivity index (χ1) is 9.19. The van der Waals surface area contributed by atoms with E-state index in [4.69, 9.17) is 10.7 Å². The molecule has 3 rings (SSSR count). The monoisotopic (exact) mass is 255 g/mol. The summed E-state index contributed by atoms with van der Waals surface area (Å²) in [5.41, 5.74) is 8.13. The standard InChI is InChI=1S/C16H21N3/c1-11-7-12(2)19(10-11)16-14(9-17)8-13-5-3-4-6-15(13)18-16/h3-6,8,11-12H,7,9-10,17H2,1-2H3. The minimum absolute atomic E-state index is 0.546. The van der Waals surface area contributed by atoms with Crippen LogP contribution in [-0.4, -0.2) is 17.6 Å². The Labute approximate surface area is 114 Å². The van der Waals surface area contributed by atoms with Crippen LogP contribution in [0.4, 0.5) is 5.82 Å². The van der Waals surface area contributed by atoms with Gasteiger partial charge in [0.15, 0.2) is 0 Å². The van der Waals surface area contributed by atoms with Gasteiger partial charge in [0, 0.05) is 30.1 Å². The Morgan fingerprint density at radius 1 is 1.32 bits per heavy atom. The maximum Gasteiger partial charge on any atom is 0.134 e. The number of aromatic nitrogens is 1. The van der Waals surface area contributed by atoms with Crippen molar-refractivity contribution in [1.82, 2.24) is 4.98 Å². The third-order valence-corrected chi connectivity index (χ3v) is 4.06. The lowest BCUT2D eigenvalue weighted by molar-refractivity contribution is 0.625. The van der Waals surface area contributed by atoms with Crippen molar-refractivity contribution in [3.63, 3.8) is 0 Å². The van der Waals surface area contributed by atoms with E-state index in [-0.39, 0.29) is 0 Å². The first kappa shape index (κ1) is 12.4. The number of nitrogens with zero attached hydrogens (tertiary/aromatic N) is 2. The number of fused-ring (bicyclic) bond motifs is 1. The van der Waals surface area contributed by atoms with Crippen LogP contribution in [0.2, 0.25) is 0 Å². The van der Waals surface area contributed by atoms with Crippen molar-refractivity contribution in [2.75, 3.05) is 11.4 Å². The SMILES string of the molecule is CC1CC(C)N(c2nc3ccccc3cc2CN)C1. The number of anilines is 1. The van der Waals surface area contributed by atoms with E-state index in [9.17, 15) is 0 Å². The minimum atomic E-state index is 0.546. The highest BCUT2D eigenvalue weighted by Crippen LogP contribution is 2.31. The number of nitrogens with two attached hydrogens (primary N) is 1. The van der Waals surface area contributed by atoms with Crippen LogP contribution >= 0.6 is 0 Å². The van der Waals surface area contributed by atoms with Crippen LogP contribution in [0, 0.1) is 5.92 Å². The van der Waals surface area contributed by atoms with Gasteiger partial charge in [-0.25, -0.2) is 4.98 Å². The molecule has 2 unspecified atom stereocenters. The lowest BCUT2D eigenvalue weighted by atomic mass is 10.1. The van der Waals surface area contributed by atoms with Crippen molar-refractivity contribution in [2.24, 2.45) is 11.7 Å². The average Bonchev–Trinajstić information content (AvgIpc) is 2.76. The molecule has 19 heavy (non-hydrogen) atoms. The Hall–Kier alpha value is -1.61. The van der Waals surface area contributed by atoms with Gasteiger partial charge in [-0.15, -0.1) is 0 Å². The van der Waals surface area contributed by atoms with Crippen molar-refractivity contribution in [2.45, 2.75) is 32.9 Å². The van der Waals surface area contributed by atoms with Crippen LogP contribution in [0.3, 0.4) is 0 Å². The quantitative estimate of drug-likeness (QED) is 0.897. The van der Waals surface area contributed by atoms with Crippen molar-refractivity contribution in [3.8, 4) is 0 Å². The fourth-order valence-electron chi connectivity index (χ4n) is 3.14. The second kappa shape index (κ2) is 4.82. The van der Waals surface area contributed by atoms with Gasteiger partial charge in [0.05, 0.1) is 5.52 Å². The number of hydrogen-bond donors (Lipinski definition) is 1. The molecule has 3 heteroatoms. The van der Waals surface area contributed by atoms with Gasteiger partial charge in [0.25, 0.3) is 0 Å². The fourth-order valence-corrected chi connectivity index (χ4v) is 3.14. The highest BCUT2D eigenvalue weighted by molar-refractivity contribution is 5.82. The van der Waals surface area contributed by atoms with E-state index < -0.39 is 0 Å². The molecule has 0 aliphatic carbocycles. The van der Waals surface area contributed by atoms with Crippen LogP contribution < -0.4 is 10.6 Å². The number of hydrogen-bond acceptors (Lipinski definition) is 3. The van der Waals surface area contributed by atoms with E-state index in [0.29, 0.717) is 12.6 Å². The molecule has 0 bridgehead atoms. The Kier molecular flexibility index (Phi) is 3.15. The maximum absolute atomic E-state index is 5.92. The second-order valence-electron chi connectivity index (χ2n) is 5.71. The number of pyridine rings is 1. The number of benzene rings is 1. The van der Waals surface area contributed by atoms with Crippen LogP contribution in [-0.2, 0) is 6.54 Å². The number of rotatable bonds is 2. The molecule has 100 valence electrons. The summed E-state index contributed by atoms with van der Waals surface area (Å²) in [7, 11) is 0. The molecule has 2 aromatic rings. The molecule has 0 spiro atoms. The smallest absolute Gasteiger partial charge is 0.134 e. The predicted octanol–water partition coefficient (Wildman–Crippen LogP) is 2.93. The van der Waals surface area contributed by atoms with Gasteiger partial charge in [0.1, 0.15) is 5.82 Å². The van der Waals surface area contributed by atoms with Gasteiger partial charge in [-0.3, -0.25) is 0 Å². The van der Waals surface area contributed by atoms with Crippen LogP contribution in [0.1, 0.15) is 25.8 Å². The van der Waals surface area contributed by atoms with Gasteiger partial charge in [-0.05, 0) is 31.4 Å². The zero-order chi connectivity index (χ0) is 13.4. The molecule has 1 saturated heterocycles. The van der Waals surface area contributed by atoms with Gasteiger partial charge in [0.2, 0.25) is 0 Å². The molecule has 1 fully saturated rings. The molecule has 0 amide bonds. The molecule has 3 nitrogen and oxygen atoms in total. The van der Waals surface area contributed by atoms with Crippen LogP contribution in [0.15, 0.2) is 30.3 Å². The minimum Gasteiger partial charge on any atom is -0.353 e. The van der Waals surface area contributed by atoms with E-state index in [1.807, 2.05) is 12.1 Å². The molecule has 1 aliphatic heterocycles. The molecule has 2 heterocycles. The van der Waals surface area contributed by atoms with Crippen molar-refractivity contribution in [1.29, 1.82) is 0 Å². The second-order valence-corrected chi connectivity index (χ2v) is 5.71. The lowest BCUT2D eigenvalue weighted by Crippen LogP contribution is -2.29. The first-order valence-electron chi connectivity index (χ1n) is 7.04. The zero-order valence-electron chi connectivity index (χ0n) is 11.6. The van der Waals surface area contributed by atoms with E-state index in [0.717, 1.165) is 29.4 Å². The Morgan fingerprint density at radius 2 is 2.11 bits per heavy atom. The van der Waals surface area contributed by atoms with Crippen molar-refractivity contribution >= 4 is 16.7 Å². The number of para-hydroxylation sites is 1.